The van der Waals surface area contributed by atoms with Crippen LogP contribution in [-0.4, -0.2) is 77.3 Å². The molecule has 11 nitrogen and oxygen atoms in total. The van der Waals surface area contributed by atoms with Crippen LogP contribution in [0.3, 0.4) is 0 Å². The molecule has 0 radical (unpaired) electrons. The number of hydrogen-bond acceptors (Lipinski definition) is 7. The van der Waals surface area contributed by atoms with E-state index in [1.807, 2.05) is 69.3 Å². The fourth-order valence-electron chi connectivity index (χ4n) is 5.18. The summed E-state index contributed by atoms with van der Waals surface area (Å²) in [5, 5.41) is 11.4. The molecular weight excluding hydrogens is 586 g/mol. The molecule has 4 amide bonds. The van der Waals surface area contributed by atoms with Gasteiger partial charge in [0.05, 0.1) is 19.4 Å². The van der Waals surface area contributed by atoms with E-state index in [9.17, 15) is 24.0 Å². The zero-order valence-corrected chi connectivity index (χ0v) is 27.8. The monoisotopic (exact) mass is 635 g/mol. The maximum absolute atomic E-state index is 13.7. The number of ether oxygens (including phenoxy) is 1. The molecule has 11 heteroatoms. The highest BCUT2D eigenvalue weighted by Crippen LogP contribution is 2.20. The van der Waals surface area contributed by atoms with Crippen molar-refractivity contribution in [3.63, 3.8) is 0 Å². The van der Waals surface area contributed by atoms with Crippen LogP contribution >= 0.6 is 0 Å². The van der Waals surface area contributed by atoms with Crippen LogP contribution in [0.25, 0.3) is 0 Å². The maximum atomic E-state index is 13.7. The summed E-state index contributed by atoms with van der Waals surface area (Å²) in [6.07, 6.45) is 1.10. The number of benzene rings is 2. The van der Waals surface area contributed by atoms with Gasteiger partial charge in [-0.25, -0.2) is 0 Å². The number of nitrogens with one attached hydrogen (secondary N) is 4. The van der Waals surface area contributed by atoms with Crippen molar-refractivity contribution in [1.29, 1.82) is 0 Å². The van der Waals surface area contributed by atoms with Crippen LogP contribution in [-0.2, 0) is 41.7 Å². The van der Waals surface area contributed by atoms with Crippen LogP contribution < -0.4 is 21.3 Å². The predicted octanol–water partition coefficient (Wildman–Crippen LogP) is 2.48. The second-order valence-corrected chi connectivity index (χ2v) is 13.1. The molecule has 0 bridgehead atoms. The van der Waals surface area contributed by atoms with E-state index in [4.69, 9.17) is 4.74 Å². The van der Waals surface area contributed by atoms with E-state index in [2.05, 4.69) is 21.3 Å². The third kappa shape index (κ3) is 11.1. The first kappa shape index (κ1) is 36.4. The first-order valence-corrected chi connectivity index (χ1v) is 15.9. The number of carbonyl (C=O) groups is 5. The summed E-state index contributed by atoms with van der Waals surface area (Å²) in [6.45, 7) is 11.6. The molecule has 1 aliphatic rings. The zero-order valence-electron chi connectivity index (χ0n) is 27.8. The number of amides is 4. The SMILES string of the molecule is CC(NCOCc1ccccc1)C(=O)NC(C(=O)N[C@@H](Cc1ccccc1)C(=O)C(=O)N1CCC[C@H]1C(=O)NC(C)(C)C)C(C)C. The molecule has 3 rings (SSSR count). The van der Waals surface area contributed by atoms with Crippen molar-refractivity contribution in [3.8, 4) is 0 Å². The zero-order chi connectivity index (χ0) is 33.9. The molecule has 250 valence electrons. The third-order valence-corrected chi connectivity index (χ3v) is 7.68. The Labute approximate surface area is 272 Å². The third-order valence-electron chi connectivity index (χ3n) is 7.68. The average molecular weight is 636 g/mol. The van der Waals surface area contributed by atoms with Gasteiger partial charge in [0, 0.05) is 18.5 Å². The van der Waals surface area contributed by atoms with Crippen molar-refractivity contribution < 1.29 is 28.7 Å². The molecule has 46 heavy (non-hydrogen) atoms. The molecule has 4 atom stereocenters. The van der Waals surface area contributed by atoms with E-state index in [0.29, 0.717) is 19.4 Å². The largest absolute Gasteiger partial charge is 0.362 e. The van der Waals surface area contributed by atoms with E-state index in [0.717, 1.165) is 11.1 Å². The van der Waals surface area contributed by atoms with Gasteiger partial charge in [-0.15, -0.1) is 0 Å². The Kier molecular flexibility index (Phi) is 13.4. The van der Waals surface area contributed by atoms with Crippen molar-refractivity contribution in [1.82, 2.24) is 26.2 Å². The minimum Gasteiger partial charge on any atom is -0.362 e. The maximum Gasteiger partial charge on any atom is 0.292 e. The number of rotatable bonds is 15. The molecule has 0 aliphatic carbocycles. The number of nitrogens with zero attached hydrogens (tertiary/aromatic N) is 1. The van der Waals surface area contributed by atoms with Gasteiger partial charge in [-0.3, -0.25) is 29.3 Å². The number of hydrogen-bond donors (Lipinski definition) is 4. The summed E-state index contributed by atoms with van der Waals surface area (Å²) in [4.78, 5) is 68.3. The molecule has 0 saturated carbocycles. The van der Waals surface area contributed by atoms with E-state index >= 15 is 0 Å². The van der Waals surface area contributed by atoms with Gasteiger partial charge in [-0.2, -0.15) is 0 Å². The summed E-state index contributed by atoms with van der Waals surface area (Å²) in [5.41, 5.74) is 1.25. The number of carbonyl (C=O) groups excluding carboxylic acids is 5. The van der Waals surface area contributed by atoms with Crippen molar-refractivity contribution >= 4 is 29.4 Å². The molecule has 1 heterocycles. The Morgan fingerprint density at radius 3 is 2.07 bits per heavy atom. The van der Waals surface area contributed by atoms with Gasteiger partial charge in [0.25, 0.3) is 5.91 Å². The van der Waals surface area contributed by atoms with Gasteiger partial charge < -0.3 is 25.6 Å². The minimum absolute atomic E-state index is 0.0688. The summed E-state index contributed by atoms with van der Waals surface area (Å²) in [6, 6.07) is 15.1. The van der Waals surface area contributed by atoms with Gasteiger partial charge in [0.2, 0.25) is 23.5 Å². The van der Waals surface area contributed by atoms with Gasteiger partial charge in [-0.1, -0.05) is 74.5 Å². The van der Waals surface area contributed by atoms with Gasteiger partial charge >= 0.3 is 0 Å². The van der Waals surface area contributed by atoms with Gasteiger partial charge in [-0.05, 0) is 57.6 Å². The summed E-state index contributed by atoms with van der Waals surface area (Å²) >= 11 is 0. The van der Waals surface area contributed by atoms with Gasteiger partial charge in [0.15, 0.2) is 0 Å². The molecule has 2 aromatic carbocycles. The van der Waals surface area contributed by atoms with Crippen LogP contribution in [0, 0.1) is 5.92 Å². The second-order valence-electron chi connectivity index (χ2n) is 13.1. The molecule has 4 N–H and O–H groups in total. The predicted molar refractivity (Wildman–Crippen MR) is 175 cm³/mol. The van der Waals surface area contributed by atoms with Crippen molar-refractivity contribution in [2.24, 2.45) is 5.92 Å². The molecule has 1 fully saturated rings. The van der Waals surface area contributed by atoms with Crippen LogP contribution in [0.1, 0.15) is 65.5 Å². The summed E-state index contributed by atoms with van der Waals surface area (Å²) < 4.78 is 5.62. The number of Topliss-reactive ketones (excluding diaryl/α,β-unsaturated/α-hetero) is 1. The van der Waals surface area contributed by atoms with E-state index in [1.54, 1.807) is 32.9 Å². The molecule has 1 saturated heterocycles. The fraction of sp³-hybridized carbons (Fsp3) is 0.514. The Morgan fingerprint density at radius 1 is 0.870 bits per heavy atom. The smallest absolute Gasteiger partial charge is 0.292 e. The Balaban J connectivity index is 1.68. The topological polar surface area (TPSA) is 146 Å². The van der Waals surface area contributed by atoms with Crippen molar-refractivity contribution in [3.05, 3.63) is 71.8 Å². The van der Waals surface area contributed by atoms with Crippen LogP contribution in [0.4, 0.5) is 0 Å². The lowest BCUT2D eigenvalue weighted by molar-refractivity contribution is -0.149. The normalized spacial score (nSPS) is 16.8. The molecule has 0 spiro atoms. The van der Waals surface area contributed by atoms with Crippen molar-refractivity contribution in [2.45, 2.75) is 97.1 Å². The highest BCUT2D eigenvalue weighted by Gasteiger charge is 2.41. The van der Waals surface area contributed by atoms with Crippen LogP contribution in [0.5, 0.6) is 0 Å². The minimum atomic E-state index is -1.20. The van der Waals surface area contributed by atoms with E-state index < -0.39 is 53.2 Å². The first-order chi connectivity index (χ1) is 21.8. The van der Waals surface area contributed by atoms with Gasteiger partial charge in [0.1, 0.15) is 18.1 Å². The van der Waals surface area contributed by atoms with E-state index in [-0.39, 0.29) is 31.5 Å². The fourth-order valence-corrected chi connectivity index (χ4v) is 5.18. The van der Waals surface area contributed by atoms with Crippen LogP contribution in [0.2, 0.25) is 0 Å². The lowest BCUT2D eigenvalue weighted by Crippen LogP contribution is -2.59. The standard InChI is InChI=1S/C35H49N5O6/c1-23(2)29(38-31(42)24(3)36-22-46-21-26-16-11-8-12-17-26)33(44)37-27(20-25-14-9-7-10-15-25)30(41)34(45)40-19-13-18-28(40)32(43)39-35(4,5)6/h7-12,14-17,23-24,27-29,36H,13,18-22H2,1-6H3,(H,37,44)(H,38,42)(H,39,43)/t24?,27-,28-,29?/m0/s1. The first-order valence-electron chi connectivity index (χ1n) is 15.9. The molecule has 0 aromatic heterocycles. The lowest BCUT2D eigenvalue weighted by atomic mass is 9.98. The average Bonchev–Trinajstić information content (AvgIpc) is 3.51. The molecular formula is C35H49N5O6. The number of likely N-dealkylation sites (tertiary alicyclic amines) is 1. The quantitative estimate of drug-likeness (QED) is 0.134. The molecule has 2 aromatic rings. The van der Waals surface area contributed by atoms with Crippen LogP contribution in [0.15, 0.2) is 60.7 Å². The molecule has 1 aliphatic heterocycles. The Hall–Kier alpha value is -4.09. The number of ketones is 1. The van der Waals surface area contributed by atoms with Crippen molar-refractivity contribution in [2.75, 3.05) is 13.3 Å². The highest BCUT2D eigenvalue weighted by molar-refractivity contribution is 6.38. The Bertz CT molecular complexity index is 1330. The summed E-state index contributed by atoms with van der Waals surface area (Å²) in [7, 11) is 0. The lowest BCUT2D eigenvalue weighted by Gasteiger charge is -2.30. The summed E-state index contributed by atoms with van der Waals surface area (Å²) in [5.74, 6) is -3.26. The second kappa shape index (κ2) is 17.0. The highest BCUT2D eigenvalue weighted by atomic mass is 16.5. The molecule has 2 unspecified atom stereocenters. The van der Waals surface area contributed by atoms with E-state index in [1.165, 1.54) is 4.90 Å². The Morgan fingerprint density at radius 2 is 1.48 bits per heavy atom.